The monoisotopic (exact) mass is 1120 g/mol. The minimum absolute atomic E-state index is 0.0196. The Labute approximate surface area is 475 Å². The van der Waals surface area contributed by atoms with Crippen LogP contribution >= 0.6 is 0 Å². The molecule has 8 N–H and O–H groups in total. The molecule has 2 atom stereocenters. The summed E-state index contributed by atoms with van der Waals surface area (Å²) in [7, 11) is 0. The molecule has 7 rings (SSSR count). The number of pyridine rings is 1. The van der Waals surface area contributed by atoms with Crippen LogP contribution in [0.3, 0.4) is 0 Å². The maximum atomic E-state index is 13.7. The molecule has 1 fully saturated rings. The van der Waals surface area contributed by atoms with Gasteiger partial charge < -0.3 is 52.2 Å². The van der Waals surface area contributed by atoms with E-state index in [1.807, 2.05) is 54.6 Å². The van der Waals surface area contributed by atoms with Gasteiger partial charge in [0.2, 0.25) is 17.7 Å². The molecule has 5 aromatic rings. The second-order valence-corrected chi connectivity index (χ2v) is 20.0. The van der Waals surface area contributed by atoms with E-state index in [4.69, 9.17) is 10.5 Å². The lowest BCUT2D eigenvalue weighted by molar-refractivity contribution is -0.137. The van der Waals surface area contributed by atoms with Crippen LogP contribution in [0.25, 0.3) is 11.1 Å². The zero-order valence-electron chi connectivity index (χ0n) is 45.9. The average molecular weight is 1120 g/mol. The lowest BCUT2D eigenvalue weighted by Crippen LogP contribution is -2.54. The third-order valence-corrected chi connectivity index (χ3v) is 13.6. The molecule has 0 radical (unpaired) electrons. The minimum Gasteiger partial charge on any atom is -0.445 e. The zero-order valence-corrected chi connectivity index (χ0v) is 45.9. The second-order valence-electron chi connectivity index (χ2n) is 20.0. The fraction of sp³-hybridized carbons (Fsp3) is 0.328. The molecule has 4 aromatic carbocycles. The van der Waals surface area contributed by atoms with E-state index in [9.17, 15) is 42.7 Å². The van der Waals surface area contributed by atoms with Gasteiger partial charge in [-0.2, -0.15) is 0 Å². The molecule has 2 aliphatic heterocycles. The fourth-order valence-corrected chi connectivity index (χ4v) is 9.05. The highest BCUT2D eigenvalue weighted by molar-refractivity contribution is 6.12. The predicted molar refractivity (Wildman–Crippen MR) is 308 cm³/mol. The number of imide groups is 1. The number of hydrogen-bond acceptors (Lipinski definition) is 11. The molecule has 20 nitrogen and oxygen atoms in total. The van der Waals surface area contributed by atoms with Crippen LogP contribution in [0.4, 0.5) is 35.8 Å². The summed E-state index contributed by atoms with van der Waals surface area (Å²) in [5, 5.41) is 16.6. The van der Waals surface area contributed by atoms with E-state index in [0.29, 0.717) is 92.9 Å². The number of halogens is 1. The number of aromatic nitrogens is 1. The standard InChI is InChI=1S/C61H68FN11O9/c1-41(2)56(70-53(74)10-4-3-5-33-73-54(75)27-28-55(73)76)58(78)69-52(9-7-31-65-59(63)79)57(77)67-48-21-14-44(15-22-48)40-82-61(81)72-36-34-71(35-37-72)50-24-17-45(18-25-50)51-26-23-49(38-46(51)16-11-42-12-19-47(62)20-13-42)68-60(80)66-32-29-43-8-6-30-64-39-43/h6,8,12-15,17-28,30,38-39,41,52,56H,3-5,7,9-10,29,31-37,40H2,1-2H3,(H,67,77)(H,69,78)(H,70,74)(H3,63,65,79)(H2,66,68,80)/t52-,56-/m0/s1. The first-order chi connectivity index (χ1) is 39.6. The maximum absolute atomic E-state index is 13.7. The van der Waals surface area contributed by atoms with Crippen LogP contribution in [-0.4, -0.2) is 120 Å². The Kier molecular flexibility index (Phi) is 22.1. The number of unbranched alkanes of at least 4 members (excludes halogenated alkanes) is 2. The molecule has 0 aliphatic carbocycles. The van der Waals surface area contributed by atoms with Crippen LogP contribution in [-0.2, 0) is 41.7 Å². The molecule has 2 aliphatic rings. The van der Waals surface area contributed by atoms with Crippen LogP contribution < -0.4 is 42.5 Å². The van der Waals surface area contributed by atoms with Crippen molar-refractivity contribution in [2.24, 2.45) is 11.7 Å². The van der Waals surface area contributed by atoms with Crippen molar-refractivity contribution in [2.75, 3.05) is 61.3 Å². The smallest absolute Gasteiger partial charge is 0.410 e. The van der Waals surface area contributed by atoms with Crippen molar-refractivity contribution < 1.29 is 47.5 Å². The third kappa shape index (κ3) is 18.5. The first-order valence-electron chi connectivity index (χ1n) is 27.3. The predicted octanol–water partition coefficient (Wildman–Crippen LogP) is 6.61. The van der Waals surface area contributed by atoms with Crippen LogP contribution in [0, 0.1) is 23.6 Å². The van der Waals surface area contributed by atoms with E-state index in [1.165, 1.54) is 24.3 Å². The van der Waals surface area contributed by atoms with Gasteiger partial charge in [-0.05, 0) is 127 Å². The SMILES string of the molecule is CC(C)[C@H](NC(=O)CCCCCN1C(=O)C=CC1=O)C(=O)N[C@@H](CCCNC(N)=O)C(=O)Nc1ccc(COC(=O)N2CCN(c3ccc(-c4ccc(NC(=O)NCCc5cccnc5)cc4C#Cc4ccc(F)cc4)cc3)CC2)cc1. The highest BCUT2D eigenvalue weighted by Gasteiger charge is 2.30. The van der Waals surface area contributed by atoms with Crippen molar-refractivity contribution in [3.05, 3.63) is 156 Å². The fourth-order valence-electron chi connectivity index (χ4n) is 9.05. The molecule has 21 heteroatoms. The van der Waals surface area contributed by atoms with Crippen molar-refractivity contribution in [2.45, 2.75) is 77.5 Å². The molecule has 0 saturated carbocycles. The number of primary amides is 1. The summed E-state index contributed by atoms with van der Waals surface area (Å²) in [6.07, 6.45) is 8.19. The van der Waals surface area contributed by atoms with E-state index in [-0.39, 0.29) is 68.0 Å². The summed E-state index contributed by atoms with van der Waals surface area (Å²) in [5.41, 5.74) is 11.9. The van der Waals surface area contributed by atoms with Gasteiger partial charge in [-0.3, -0.25) is 33.9 Å². The minimum atomic E-state index is -1.05. The third-order valence-electron chi connectivity index (χ3n) is 13.6. The number of anilines is 3. The first kappa shape index (κ1) is 60.1. The van der Waals surface area contributed by atoms with E-state index in [2.05, 4.69) is 53.6 Å². The molecule has 10 amide bonds. The second kappa shape index (κ2) is 30.1. The topological polar surface area (TPSA) is 267 Å². The van der Waals surface area contributed by atoms with Gasteiger partial charge in [0.1, 0.15) is 24.5 Å². The molecule has 1 saturated heterocycles. The van der Waals surface area contributed by atoms with Crippen LogP contribution in [0.5, 0.6) is 0 Å². The highest BCUT2D eigenvalue weighted by atomic mass is 19.1. The maximum Gasteiger partial charge on any atom is 0.410 e. The van der Waals surface area contributed by atoms with Crippen molar-refractivity contribution in [1.29, 1.82) is 0 Å². The molecule has 0 bridgehead atoms. The number of benzene rings is 4. The Hall–Kier alpha value is -9.58. The molecule has 82 heavy (non-hydrogen) atoms. The van der Waals surface area contributed by atoms with Crippen molar-refractivity contribution >= 4 is 64.8 Å². The van der Waals surface area contributed by atoms with Gasteiger partial charge in [-0.25, -0.2) is 18.8 Å². The summed E-state index contributed by atoms with van der Waals surface area (Å²) in [4.78, 5) is 110. The Bertz CT molecular complexity index is 3120. The summed E-state index contributed by atoms with van der Waals surface area (Å²) in [5.74, 6) is 3.46. The average Bonchev–Trinajstić information content (AvgIpc) is 3.84. The van der Waals surface area contributed by atoms with Gasteiger partial charge in [0.05, 0.1) is 0 Å². The van der Waals surface area contributed by atoms with Crippen LogP contribution in [0.1, 0.15) is 74.6 Å². The van der Waals surface area contributed by atoms with Gasteiger partial charge in [0, 0.05) is 105 Å². The van der Waals surface area contributed by atoms with Crippen molar-refractivity contribution in [1.82, 2.24) is 36.1 Å². The number of carbonyl (C=O) groups is 8. The lowest BCUT2D eigenvalue weighted by atomic mass is 9.98. The molecule has 3 heterocycles. The number of hydrogen-bond donors (Lipinski definition) is 7. The van der Waals surface area contributed by atoms with Gasteiger partial charge in [-0.15, -0.1) is 0 Å². The van der Waals surface area contributed by atoms with Crippen molar-refractivity contribution in [3.8, 4) is 23.0 Å². The quantitative estimate of drug-likeness (QED) is 0.0196. The van der Waals surface area contributed by atoms with Gasteiger partial charge in [0.25, 0.3) is 11.8 Å². The summed E-state index contributed by atoms with van der Waals surface area (Å²) in [6, 6.07) is 26.9. The normalized spacial score (nSPS) is 13.6. The van der Waals surface area contributed by atoms with Gasteiger partial charge in [0.15, 0.2) is 0 Å². The van der Waals surface area contributed by atoms with E-state index >= 15 is 0 Å². The number of urea groups is 2. The number of nitrogens with one attached hydrogen (secondary N) is 6. The number of piperazine rings is 1. The van der Waals surface area contributed by atoms with Crippen LogP contribution in [0.15, 0.2) is 128 Å². The van der Waals surface area contributed by atoms with Gasteiger partial charge in [-0.1, -0.05) is 68.5 Å². The number of nitrogens with two attached hydrogens (primary N) is 1. The molecular weight excluding hydrogens is 1050 g/mol. The number of nitrogens with zero attached hydrogens (tertiary/aromatic N) is 4. The van der Waals surface area contributed by atoms with Gasteiger partial charge >= 0.3 is 18.2 Å². The van der Waals surface area contributed by atoms with E-state index in [0.717, 1.165) is 27.3 Å². The number of ether oxygens (including phenoxy) is 1. The summed E-state index contributed by atoms with van der Waals surface area (Å²) >= 11 is 0. The Balaban J connectivity index is 0.875. The number of rotatable bonds is 24. The largest absolute Gasteiger partial charge is 0.445 e. The molecule has 1 aromatic heterocycles. The molecular formula is C61H68FN11O9. The molecule has 428 valence electrons. The molecule has 0 unspecified atom stereocenters. The first-order valence-corrected chi connectivity index (χ1v) is 27.3. The van der Waals surface area contributed by atoms with E-state index < -0.39 is 36.0 Å². The Morgan fingerprint density at radius 2 is 1.45 bits per heavy atom. The van der Waals surface area contributed by atoms with E-state index in [1.54, 1.807) is 67.5 Å². The number of amides is 10. The highest BCUT2D eigenvalue weighted by Crippen LogP contribution is 2.29. The zero-order chi connectivity index (χ0) is 58.4. The van der Waals surface area contributed by atoms with Crippen molar-refractivity contribution in [3.63, 3.8) is 0 Å². The number of carbonyl (C=O) groups excluding carboxylic acids is 8. The lowest BCUT2D eigenvalue weighted by Gasteiger charge is -2.35. The Morgan fingerprint density at radius 1 is 0.732 bits per heavy atom. The summed E-state index contributed by atoms with van der Waals surface area (Å²) in [6.45, 7) is 6.32. The van der Waals surface area contributed by atoms with Crippen LogP contribution in [0.2, 0.25) is 0 Å². The molecule has 0 spiro atoms. The summed E-state index contributed by atoms with van der Waals surface area (Å²) < 4.78 is 19.3. The Morgan fingerprint density at radius 3 is 2.13 bits per heavy atom.